The van der Waals surface area contributed by atoms with Crippen molar-refractivity contribution < 1.29 is 15.0 Å². The Balaban J connectivity index is 3.47. The summed E-state index contributed by atoms with van der Waals surface area (Å²) in [5.41, 5.74) is 0. The van der Waals surface area contributed by atoms with Crippen LogP contribution in [0.2, 0.25) is 0 Å². The average molecular weight is 895 g/mol. The number of amides is 1. The molecule has 0 radical (unpaired) electrons. The van der Waals surface area contributed by atoms with E-state index in [-0.39, 0.29) is 12.5 Å². The molecule has 0 bridgehead atoms. The number of hydrogen-bond acceptors (Lipinski definition) is 3. The van der Waals surface area contributed by atoms with Gasteiger partial charge in [0.1, 0.15) is 0 Å². The standard InChI is InChI=1S/C60H111NO3/c1-3-5-7-9-11-13-15-17-19-21-23-25-27-28-29-30-31-32-34-35-37-39-41-43-45-47-49-51-53-55-59(63)58(57-62)61-60(64)56-54-52-50-48-46-44-42-40-38-36-33-26-24-22-20-18-16-14-12-10-8-6-4-2/h6,8,12,14,18,20,24,26,36,38,58-59,62-63H,3-5,7,9-11,13,15-17,19,21-23,25,27-35,37,39-57H2,1-2H3,(H,61,64)/b8-6-,14-12-,20-18-,26-24-,38-36-. The van der Waals surface area contributed by atoms with Crippen LogP contribution in [0.4, 0.5) is 0 Å². The van der Waals surface area contributed by atoms with Gasteiger partial charge in [-0.2, -0.15) is 0 Å². The predicted octanol–water partition coefficient (Wildman–Crippen LogP) is 18.8. The Kier molecular flexibility index (Phi) is 53.8. The number of carbonyl (C=O) groups excluding carboxylic acids is 1. The molecule has 0 aromatic carbocycles. The highest BCUT2D eigenvalue weighted by atomic mass is 16.3. The van der Waals surface area contributed by atoms with Crippen molar-refractivity contribution in [1.82, 2.24) is 5.32 Å². The number of unbranched alkanes of at least 4 members (excludes halogenated alkanes) is 35. The van der Waals surface area contributed by atoms with Crippen LogP contribution < -0.4 is 5.32 Å². The number of carbonyl (C=O) groups is 1. The molecule has 4 nitrogen and oxygen atoms in total. The molecule has 0 spiro atoms. The van der Waals surface area contributed by atoms with Crippen LogP contribution in [0.3, 0.4) is 0 Å². The molecular formula is C60H111NO3. The van der Waals surface area contributed by atoms with Gasteiger partial charge in [-0.3, -0.25) is 4.79 Å². The van der Waals surface area contributed by atoms with Crippen LogP contribution in [0, 0.1) is 0 Å². The normalized spacial score (nSPS) is 13.2. The number of aliphatic hydroxyl groups excluding tert-OH is 2. The summed E-state index contributed by atoms with van der Waals surface area (Å²) in [4.78, 5) is 12.5. The van der Waals surface area contributed by atoms with Gasteiger partial charge in [0.05, 0.1) is 18.8 Å². The van der Waals surface area contributed by atoms with E-state index in [1.54, 1.807) is 0 Å². The number of allylic oxidation sites excluding steroid dienone is 10. The van der Waals surface area contributed by atoms with E-state index in [1.165, 1.54) is 205 Å². The largest absolute Gasteiger partial charge is 0.394 e. The predicted molar refractivity (Wildman–Crippen MR) is 285 cm³/mol. The second-order valence-corrected chi connectivity index (χ2v) is 19.3. The molecule has 4 heteroatoms. The van der Waals surface area contributed by atoms with Crippen LogP contribution in [0.1, 0.15) is 296 Å². The summed E-state index contributed by atoms with van der Waals surface area (Å²) < 4.78 is 0. The topological polar surface area (TPSA) is 69.6 Å². The van der Waals surface area contributed by atoms with Gasteiger partial charge < -0.3 is 15.5 Å². The van der Waals surface area contributed by atoms with Crippen LogP contribution in [0.5, 0.6) is 0 Å². The van der Waals surface area contributed by atoms with Gasteiger partial charge in [0.2, 0.25) is 5.91 Å². The zero-order chi connectivity index (χ0) is 46.3. The monoisotopic (exact) mass is 894 g/mol. The highest BCUT2D eigenvalue weighted by molar-refractivity contribution is 5.76. The zero-order valence-corrected chi connectivity index (χ0v) is 43.1. The number of aliphatic hydroxyl groups is 2. The number of rotatable bonds is 52. The zero-order valence-electron chi connectivity index (χ0n) is 43.1. The first-order valence-corrected chi connectivity index (χ1v) is 28.5. The third-order valence-electron chi connectivity index (χ3n) is 13.0. The summed E-state index contributed by atoms with van der Waals surface area (Å²) in [5, 5.41) is 23.4. The number of hydrogen-bond donors (Lipinski definition) is 3. The quantitative estimate of drug-likeness (QED) is 0.0421. The first kappa shape index (κ1) is 62.1. The molecule has 0 aliphatic carbocycles. The molecule has 0 aromatic rings. The highest BCUT2D eigenvalue weighted by Crippen LogP contribution is 2.18. The maximum Gasteiger partial charge on any atom is 0.220 e. The molecule has 64 heavy (non-hydrogen) atoms. The molecule has 374 valence electrons. The van der Waals surface area contributed by atoms with Gasteiger partial charge in [0.25, 0.3) is 0 Å². The summed E-state index contributed by atoms with van der Waals surface area (Å²) in [7, 11) is 0. The molecule has 2 unspecified atom stereocenters. The maximum absolute atomic E-state index is 12.5. The summed E-state index contributed by atoms with van der Waals surface area (Å²) in [6.07, 6.45) is 77.8. The molecule has 0 aromatic heterocycles. The van der Waals surface area contributed by atoms with Gasteiger partial charge in [0, 0.05) is 6.42 Å². The lowest BCUT2D eigenvalue weighted by Gasteiger charge is -2.22. The Bertz CT molecular complexity index is 1060. The summed E-state index contributed by atoms with van der Waals surface area (Å²) in [6.45, 7) is 4.26. The van der Waals surface area contributed by atoms with Crippen molar-refractivity contribution in [1.29, 1.82) is 0 Å². The van der Waals surface area contributed by atoms with Crippen molar-refractivity contribution in [3.8, 4) is 0 Å². The molecule has 3 N–H and O–H groups in total. The molecule has 2 atom stereocenters. The highest BCUT2D eigenvalue weighted by Gasteiger charge is 2.20. The molecule has 1 amide bonds. The van der Waals surface area contributed by atoms with Crippen LogP contribution in [-0.4, -0.2) is 34.9 Å². The Hall–Kier alpha value is -1.91. The minimum Gasteiger partial charge on any atom is -0.394 e. The second-order valence-electron chi connectivity index (χ2n) is 19.3. The van der Waals surface area contributed by atoms with Crippen LogP contribution in [0.15, 0.2) is 60.8 Å². The van der Waals surface area contributed by atoms with Crippen molar-refractivity contribution in [2.45, 2.75) is 309 Å². The summed E-state index contributed by atoms with van der Waals surface area (Å²) in [6, 6.07) is -0.547. The van der Waals surface area contributed by atoms with Crippen molar-refractivity contribution in [2.75, 3.05) is 6.61 Å². The molecule has 0 saturated carbocycles. The summed E-state index contributed by atoms with van der Waals surface area (Å²) >= 11 is 0. The van der Waals surface area contributed by atoms with Crippen LogP contribution in [0.25, 0.3) is 0 Å². The fourth-order valence-electron chi connectivity index (χ4n) is 8.74. The van der Waals surface area contributed by atoms with Crippen molar-refractivity contribution in [3.05, 3.63) is 60.8 Å². The lowest BCUT2D eigenvalue weighted by atomic mass is 10.0. The van der Waals surface area contributed by atoms with Crippen molar-refractivity contribution >= 4 is 5.91 Å². The van der Waals surface area contributed by atoms with Crippen molar-refractivity contribution in [3.63, 3.8) is 0 Å². The maximum atomic E-state index is 12.5. The minimum atomic E-state index is -0.669. The van der Waals surface area contributed by atoms with Gasteiger partial charge in [0.15, 0.2) is 0 Å². The van der Waals surface area contributed by atoms with E-state index in [2.05, 4.69) is 79.9 Å². The average Bonchev–Trinajstić information content (AvgIpc) is 3.30. The number of nitrogens with one attached hydrogen (secondary N) is 1. The molecule has 0 fully saturated rings. The second kappa shape index (κ2) is 55.4. The Morgan fingerprint density at radius 2 is 0.688 bits per heavy atom. The Morgan fingerprint density at radius 1 is 0.391 bits per heavy atom. The molecule has 0 aliphatic rings. The van der Waals surface area contributed by atoms with Gasteiger partial charge in [-0.1, -0.05) is 293 Å². The summed E-state index contributed by atoms with van der Waals surface area (Å²) in [5.74, 6) is -0.0410. The molecule has 0 heterocycles. The van der Waals surface area contributed by atoms with Crippen LogP contribution in [-0.2, 0) is 4.79 Å². The van der Waals surface area contributed by atoms with E-state index in [0.29, 0.717) is 12.8 Å². The molecule has 0 aliphatic heterocycles. The van der Waals surface area contributed by atoms with Gasteiger partial charge >= 0.3 is 0 Å². The van der Waals surface area contributed by atoms with E-state index in [9.17, 15) is 15.0 Å². The van der Waals surface area contributed by atoms with E-state index >= 15 is 0 Å². The van der Waals surface area contributed by atoms with Gasteiger partial charge in [-0.15, -0.1) is 0 Å². The van der Waals surface area contributed by atoms with E-state index in [0.717, 1.165) is 64.2 Å². The fourth-order valence-corrected chi connectivity index (χ4v) is 8.74. The first-order chi connectivity index (χ1) is 31.7. The molecular weight excluding hydrogens is 783 g/mol. The SMILES string of the molecule is CC/C=C\C/C=C\C/C=C\C/C=C\C/C=C\CCCCCCCCCC(=O)NC(CO)C(O)CCCCCCCCCCCCCCCCCCCCCCCCCCCCCCC. The first-order valence-electron chi connectivity index (χ1n) is 28.5. The van der Waals surface area contributed by atoms with Gasteiger partial charge in [-0.05, 0) is 57.8 Å². The third kappa shape index (κ3) is 51.1. The Morgan fingerprint density at radius 3 is 1.03 bits per heavy atom. The minimum absolute atomic E-state index is 0.0410. The molecule has 0 rings (SSSR count). The lowest BCUT2D eigenvalue weighted by molar-refractivity contribution is -0.123. The Labute approximate surface area is 400 Å². The smallest absolute Gasteiger partial charge is 0.220 e. The van der Waals surface area contributed by atoms with E-state index < -0.39 is 12.1 Å². The lowest BCUT2D eigenvalue weighted by Crippen LogP contribution is -2.45. The van der Waals surface area contributed by atoms with Crippen LogP contribution >= 0.6 is 0 Å². The van der Waals surface area contributed by atoms with Crippen molar-refractivity contribution in [2.24, 2.45) is 0 Å². The van der Waals surface area contributed by atoms with E-state index in [4.69, 9.17) is 0 Å². The third-order valence-corrected chi connectivity index (χ3v) is 13.0. The fraction of sp³-hybridized carbons (Fsp3) is 0.817. The van der Waals surface area contributed by atoms with E-state index in [1.807, 2.05) is 0 Å². The molecule has 0 saturated heterocycles. The van der Waals surface area contributed by atoms with Gasteiger partial charge in [-0.25, -0.2) is 0 Å².